The number of nitrogens with zero attached hydrogens (tertiary/aromatic N) is 1. The van der Waals surface area contributed by atoms with Crippen LogP contribution in [0.15, 0.2) is 0 Å². The molecule has 0 saturated carbocycles. The van der Waals surface area contributed by atoms with Crippen molar-refractivity contribution in [3.63, 3.8) is 0 Å². The fraction of sp³-hybridized carbons (Fsp3) is 1.00. The first-order valence-corrected chi connectivity index (χ1v) is 7.11. The Hall–Kier alpha value is -0.0800. The zero-order chi connectivity index (χ0) is 12.4. The summed E-state index contributed by atoms with van der Waals surface area (Å²) in [4.78, 5) is 2.65. The second kappa shape index (κ2) is 10.1. The molecule has 2 atom stereocenters. The van der Waals surface area contributed by atoms with Crippen molar-refractivity contribution >= 4 is 0 Å². The lowest BCUT2D eigenvalue weighted by molar-refractivity contribution is 0.189. The minimum atomic E-state index is 0.349. The van der Waals surface area contributed by atoms with Crippen LogP contribution in [0.5, 0.6) is 0 Å². The molecule has 0 saturated heterocycles. The van der Waals surface area contributed by atoms with E-state index in [-0.39, 0.29) is 0 Å². The lowest BCUT2D eigenvalue weighted by atomic mass is 10.1. The van der Waals surface area contributed by atoms with Gasteiger partial charge >= 0.3 is 0 Å². The number of hydrogen-bond donors (Lipinski definition) is 1. The molecule has 98 valence electrons. The zero-order valence-electron chi connectivity index (χ0n) is 11.8. The van der Waals surface area contributed by atoms with Gasteiger partial charge in [-0.05, 0) is 52.6 Å². The summed E-state index contributed by atoms with van der Waals surface area (Å²) in [6, 6.07) is 1.05. The highest BCUT2D eigenvalue weighted by atomic mass is 15.1. The number of hydrogen-bond acceptors (Lipinski definition) is 2. The van der Waals surface area contributed by atoms with Gasteiger partial charge in [0.05, 0.1) is 0 Å². The van der Waals surface area contributed by atoms with Crippen LogP contribution >= 0.6 is 0 Å². The summed E-state index contributed by atoms with van der Waals surface area (Å²) in [7, 11) is 0. The van der Waals surface area contributed by atoms with Gasteiger partial charge in [-0.1, -0.05) is 26.7 Å². The van der Waals surface area contributed by atoms with E-state index in [4.69, 9.17) is 5.73 Å². The number of nitrogens with two attached hydrogens (primary N) is 1. The molecule has 16 heavy (non-hydrogen) atoms. The Bertz CT molecular complexity index is 138. The fourth-order valence-corrected chi connectivity index (χ4v) is 1.96. The molecular formula is C14H32N2. The van der Waals surface area contributed by atoms with Gasteiger partial charge in [-0.15, -0.1) is 0 Å². The second-order valence-corrected chi connectivity index (χ2v) is 5.15. The summed E-state index contributed by atoms with van der Waals surface area (Å²) in [6.45, 7) is 11.5. The van der Waals surface area contributed by atoms with Crippen LogP contribution in [0.2, 0.25) is 0 Å². The molecule has 2 heteroatoms. The highest BCUT2D eigenvalue weighted by molar-refractivity contribution is 4.69. The van der Waals surface area contributed by atoms with Crippen LogP contribution in [0.1, 0.15) is 66.2 Å². The summed E-state index contributed by atoms with van der Waals surface area (Å²) in [5.41, 5.74) is 5.82. The Morgan fingerprint density at radius 1 is 0.938 bits per heavy atom. The molecular weight excluding hydrogens is 196 g/mol. The van der Waals surface area contributed by atoms with E-state index in [9.17, 15) is 0 Å². The summed E-state index contributed by atoms with van der Waals surface area (Å²) in [5, 5.41) is 0. The van der Waals surface area contributed by atoms with Gasteiger partial charge < -0.3 is 10.6 Å². The second-order valence-electron chi connectivity index (χ2n) is 5.15. The van der Waals surface area contributed by atoms with Crippen molar-refractivity contribution in [2.24, 2.45) is 5.73 Å². The Balaban J connectivity index is 3.92. The standard InChI is InChI=1S/C14H32N2/c1-5-7-11-16(12-8-6-2)14(4)10-9-13(3)15/h13-14H,5-12,15H2,1-4H3. The molecule has 0 aromatic carbocycles. The molecule has 0 bridgehead atoms. The molecule has 0 radical (unpaired) electrons. The maximum absolute atomic E-state index is 5.82. The molecule has 0 aliphatic heterocycles. The molecule has 0 amide bonds. The molecule has 0 heterocycles. The van der Waals surface area contributed by atoms with Crippen LogP contribution in [-0.4, -0.2) is 30.1 Å². The molecule has 0 fully saturated rings. The highest BCUT2D eigenvalue weighted by Gasteiger charge is 2.12. The van der Waals surface area contributed by atoms with Gasteiger partial charge in [0.2, 0.25) is 0 Å². The molecule has 2 nitrogen and oxygen atoms in total. The van der Waals surface area contributed by atoms with Crippen LogP contribution in [0.3, 0.4) is 0 Å². The van der Waals surface area contributed by atoms with Gasteiger partial charge in [-0.2, -0.15) is 0 Å². The first-order valence-electron chi connectivity index (χ1n) is 7.11. The third-order valence-corrected chi connectivity index (χ3v) is 3.26. The van der Waals surface area contributed by atoms with E-state index in [2.05, 4.69) is 32.6 Å². The molecule has 0 aliphatic carbocycles. The van der Waals surface area contributed by atoms with Crippen molar-refractivity contribution in [3.8, 4) is 0 Å². The predicted molar refractivity (Wildman–Crippen MR) is 73.7 cm³/mol. The lowest BCUT2D eigenvalue weighted by Gasteiger charge is -2.29. The van der Waals surface area contributed by atoms with Gasteiger partial charge in [-0.3, -0.25) is 0 Å². The molecule has 2 unspecified atom stereocenters. The maximum atomic E-state index is 5.82. The third kappa shape index (κ3) is 8.12. The molecule has 0 aromatic heterocycles. The van der Waals surface area contributed by atoms with Gasteiger partial charge in [0, 0.05) is 12.1 Å². The fourth-order valence-electron chi connectivity index (χ4n) is 1.96. The molecule has 0 rings (SSSR count). The summed E-state index contributed by atoms with van der Waals surface area (Å²) >= 11 is 0. The Kier molecular flexibility index (Phi) is 10.0. The SMILES string of the molecule is CCCCN(CCCC)C(C)CCC(C)N. The van der Waals surface area contributed by atoms with E-state index in [0.29, 0.717) is 12.1 Å². The number of unbranched alkanes of at least 4 members (excludes halogenated alkanes) is 2. The minimum Gasteiger partial charge on any atom is -0.328 e. The normalized spacial score (nSPS) is 15.4. The van der Waals surface area contributed by atoms with E-state index >= 15 is 0 Å². The van der Waals surface area contributed by atoms with Crippen LogP contribution < -0.4 is 5.73 Å². The highest BCUT2D eigenvalue weighted by Crippen LogP contribution is 2.10. The quantitative estimate of drug-likeness (QED) is 0.621. The summed E-state index contributed by atoms with van der Waals surface area (Å²) in [5.74, 6) is 0. The maximum Gasteiger partial charge on any atom is 0.00675 e. The van der Waals surface area contributed by atoms with E-state index in [1.165, 1.54) is 45.2 Å². The molecule has 0 aromatic rings. The van der Waals surface area contributed by atoms with Crippen molar-refractivity contribution in [3.05, 3.63) is 0 Å². The Morgan fingerprint density at radius 3 is 1.81 bits per heavy atom. The van der Waals surface area contributed by atoms with Crippen molar-refractivity contribution in [1.29, 1.82) is 0 Å². The third-order valence-electron chi connectivity index (χ3n) is 3.26. The lowest BCUT2D eigenvalue weighted by Crippen LogP contribution is -2.35. The smallest absolute Gasteiger partial charge is 0.00675 e. The van der Waals surface area contributed by atoms with E-state index in [1.54, 1.807) is 0 Å². The van der Waals surface area contributed by atoms with Crippen molar-refractivity contribution in [2.75, 3.05) is 13.1 Å². The van der Waals surface area contributed by atoms with E-state index < -0.39 is 0 Å². The Morgan fingerprint density at radius 2 is 1.44 bits per heavy atom. The van der Waals surface area contributed by atoms with E-state index in [0.717, 1.165) is 6.42 Å². The van der Waals surface area contributed by atoms with Crippen LogP contribution in [0.4, 0.5) is 0 Å². The van der Waals surface area contributed by atoms with Crippen LogP contribution in [0.25, 0.3) is 0 Å². The average Bonchev–Trinajstić information content (AvgIpc) is 2.26. The molecule has 0 aliphatic rings. The monoisotopic (exact) mass is 228 g/mol. The van der Waals surface area contributed by atoms with Gasteiger partial charge in [-0.25, -0.2) is 0 Å². The van der Waals surface area contributed by atoms with Crippen molar-refractivity contribution in [2.45, 2.75) is 78.3 Å². The molecule has 2 N–H and O–H groups in total. The van der Waals surface area contributed by atoms with Gasteiger partial charge in [0.25, 0.3) is 0 Å². The largest absolute Gasteiger partial charge is 0.328 e. The van der Waals surface area contributed by atoms with Gasteiger partial charge in [0.15, 0.2) is 0 Å². The topological polar surface area (TPSA) is 29.3 Å². The summed E-state index contributed by atoms with van der Waals surface area (Å²) in [6.07, 6.45) is 7.63. The first kappa shape index (κ1) is 15.9. The minimum absolute atomic E-state index is 0.349. The van der Waals surface area contributed by atoms with Gasteiger partial charge in [0.1, 0.15) is 0 Å². The Labute approximate surface area is 103 Å². The zero-order valence-corrected chi connectivity index (χ0v) is 11.8. The molecule has 0 spiro atoms. The summed E-state index contributed by atoms with van der Waals surface area (Å²) < 4.78 is 0. The first-order chi connectivity index (χ1) is 7.61. The van der Waals surface area contributed by atoms with Crippen molar-refractivity contribution in [1.82, 2.24) is 4.90 Å². The van der Waals surface area contributed by atoms with E-state index in [1.807, 2.05) is 0 Å². The number of rotatable bonds is 10. The van der Waals surface area contributed by atoms with Crippen molar-refractivity contribution < 1.29 is 0 Å². The predicted octanol–water partition coefficient (Wildman–Crippen LogP) is 3.40. The van der Waals surface area contributed by atoms with Crippen LogP contribution in [-0.2, 0) is 0 Å². The average molecular weight is 228 g/mol. The van der Waals surface area contributed by atoms with Crippen LogP contribution in [0, 0.1) is 0 Å².